The molecule has 0 aromatic heterocycles. The lowest BCUT2D eigenvalue weighted by atomic mass is 9.83. The van der Waals surface area contributed by atoms with Crippen LogP contribution >= 0.6 is 0 Å². The van der Waals surface area contributed by atoms with E-state index >= 15 is 0 Å². The number of rotatable bonds is 4. The molecule has 0 aromatic rings. The molecule has 1 aliphatic carbocycles. The van der Waals surface area contributed by atoms with E-state index in [0.29, 0.717) is 18.5 Å². The standard InChI is InChI=1S/C13H26N2O/c1-4-15(13(16)10(2)3)12-8-6-5-7-11(12)9-14/h10-12H,4-9,14H2,1-3H3. The molecule has 3 heteroatoms. The largest absolute Gasteiger partial charge is 0.339 e. The molecule has 1 aliphatic rings. The van der Waals surface area contributed by atoms with E-state index in [1.165, 1.54) is 19.3 Å². The van der Waals surface area contributed by atoms with Crippen LogP contribution in [0, 0.1) is 11.8 Å². The molecule has 0 spiro atoms. The molecule has 0 aliphatic heterocycles. The van der Waals surface area contributed by atoms with Crippen molar-refractivity contribution in [3.05, 3.63) is 0 Å². The predicted molar refractivity (Wildman–Crippen MR) is 67.0 cm³/mol. The molecule has 1 rings (SSSR count). The lowest BCUT2D eigenvalue weighted by Crippen LogP contribution is -2.49. The van der Waals surface area contributed by atoms with E-state index < -0.39 is 0 Å². The van der Waals surface area contributed by atoms with Crippen molar-refractivity contribution in [2.24, 2.45) is 17.6 Å². The van der Waals surface area contributed by atoms with E-state index in [0.717, 1.165) is 13.0 Å². The summed E-state index contributed by atoms with van der Waals surface area (Å²) in [5.74, 6) is 0.893. The maximum Gasteiger partial charge on any atom is 0.225 e. The van der Waals surface area contributed by atoms with Crippen molar-refractivity contribution in [2.75, 3.05) is 13.1 Å². The van der Waals surface area contributed by atoms with Gasteiger partial charge >= 0.3 is 0 Å². The maximum atomic E-state index is 12.1. The summed E-state index contributed by atoms with van der Waals surface area (Å²) in [4.78, 5) is 14.2. The Bertz CT molecular complexity index is 228. The first-order valence-corrected chi connectivity index (χ1v) is 6.62. The highest BCUT2D eigenvalue weighted by molar-refractivity contribution is 5.78. The van der Waals surface area contributed by atoms with Crippen molar-refractivity contribution >= 4 is 5.91 Å². The van der Waals surface area contributed by atoms with Crippen LogP contribution in [0.4, 0.5) is 0 Å². The molecule has 1 amide bonds. The van der Waals surface area contributed by atoms with Crippen LogP contribution in [0.5, 0.6) is 0 Å². The highest BCUT2D eigenvalue weighted by Gasteiger charge is 2.31. The first-order chi connectivity index (χ1) is 7.61. The lowest BCUT2D eigenvalue weighted by Gasteiger charge is -2.40. The van der Waals surface area contributed by atoms with E-state index in [2.05, 4.69) is 11.8 Å². The number of hydrogen-bond acceptors (Lipinski definition) is 2. The molecule has 0 saturated heterocycles. The third-order valence-corrected chi connectivity index (χ3v) is 3.69. The second-order valence-corrected chi connectivity index (χ2v) is 5.13. The highest BCUT2D eigenvalue weighted by atomic mass is 16.2. The van der Waals surface area contributed by atoms with Crippen LogP contribution < -0.4 is 5.73 Å². The van der Waals surface area contributed by atoms with E-state index in [-0.39, 0.29) is 11.8 Å². The monoisotopic (exact) mass is 226 g/mol. The van der Waals surface area contributed by atoms with Crippen LogP contribution in [0.2, 0.25) is 0 Å². The van der Waals surface area contributed by atoms with Gasteiger partial charge in [0, 0.05) is 18.5 Å². The maximum absolute atomic E-state index is 12.1. The van der Waals surface area contributed by atoms with Crippen LogP contribution in [0.1, 0.15) is 46.5 Å². The molecule has 0 aromatic carbocycles. The van der Waals surface area contributed by atoms with Crippen LogP contribution in [-0.4, -0.2) is 29.9 Å². The molecule has 3 nitrogen and oxygen atoms in total. The average molecular weight is 226 g/mol. The van der Waals surface area contributed by atoms with Crippen LogP contribution in [0.15, 0.2) is 0 Å². The zero-order valence-electron chi connectivity index (χ0n) is 10.9. The third-order valence-electron chi connectivity index (χ3n) is 3.69. The number of nitrogens with zero attached hydrogens (tertiary/aromatic N) is 1. The smallest absolute Gasteiger partial charge is 0.225 e. The minimum absolute atomic E-state index is 0.0975. The Balaban J connectivity index is 2.73. The van der Waals surface area contributed by atoms with Crippen LogP contribution in [0.25, 0.3) is 0 Å². The molecule has 94 valence electrons. The highest BCUT2D eigenvalue weighted by Crippen LogP contribution is 2.28. The molecule has 16 heavy (non-hydrogen) atoms. The summed E-state index contributed by atoms with van der Waals surface area (Å²) in [5.41, 5.74) is 5.82. The number of amides is 1. The second kappa shape index (κ2) is 6.24. The van der Waals surface area contributed by atoms with Crippen LogP contribution in [-0.2, 0) is 4.79 Å². The lowest BCUT2D eigenvalue weighted by molar-refractivity contribution is -0.138. The van der Waals surface area contributed by atoms with Crippen molar-refractivity contribution in [1.29, 1.82) is 0 Å². The van der Waals surface area contributed by atoms with Gasteiger partial charge in [0.2, 0.25) is 5.91 Å². The minimum atomic E-state index is 0.0975. The molecule has 2 atom stereocenters. The van der Waals surface area contributed by atoms with Crippen molar-refractivity contribution in [3.63, 3.8) is 0 Å². The Hall–Kier alpha value is -0.570. The SMILES string of the molecule is CCN(C(=O)C(C)C)C1CCCCC1CN. The van der Waals surface area contributed by atoms with Crippen molar-refractivity contribution in [1.82, 2.24) is 4.90 Å². The summed E-state index contributed by atoms with van der Waals surface area (Å²) < 4.78 is 0. The van der Waals surface area contributed by atoms with Gasteiger partial charge in [-0.2, -0.15) is 0 Å². The first kappa shape index (κ1) is 13.5. The van der Waals surface area contributed by atoms with E-state index in [4.69, 9.17) is 5.73 Å². The topological polar surface area (TPSA) is 46.3 Å². The number of carbonyl (C=O) groups excluding carboxylic acids is 1. The summed E-state index contributed by atoms with van der Waals surface area (Å²) in [6, 6.07) is 0.388. The first-order valence-electron chi connectivity index (χ1n) is 6.62. The summed E-state index contributed by atoms with van der Waals surface area (Å²) >= 11 is 0. The van der Waals surface area contributed by atoms with Gasteiger partial charge in [-0.3, -0.25) is 4.79 Å². The van der Waals surface area contributed by atoms with Gasteiger partial charge in [0.25, 0.3) is 0 Å². The summed E-state index contributed by atoms with van der Waals surface area (Å²) in [7, 11) is 0. The molecular formula is C13H26N2O. The Kier molecular flexibility index (Phi) is 5.26. The fourth-order valence-corrected chi connectivity index (χ4v) is 2.76. The van der Waals surface area contributed by atoms with Gasteiger partial charge in [-0.1, -0.05) is 26.7 Å². The minimum Gasteiger partial charge on any atom is -0.339 e. The zero-order valence-corrected chi connectivity index (χ0v) is 10.9. The van der Waals surface area contributed by atoms with Gasteiger partial charge in [-0.15, -0.1) is 0 Å². The summed E-state index contributed by atoms with van der Waals surface area (Å²) in [6.07, 6.45) is 4.83. The van der Waals surface area contributed by atoms with Crippen molar-refractivity contribution < 1.29 is 4.79 Å². The predicted octanol–water partition coefficient (Wildman–Crippen LogP) is 2.01. The molecule has 0 heterocycles. The summed E-state index contributed by atoms with van der Waals surface area (Å²) in [6.45, 7) is 7.56. The number of hydrogen-bond donors (Lipinski definition) is 1. The second-order valence-electron chi connectivity index (χ2n) is 5.13. The van der Waals surface area contributed by atoms with E-state index in [9.17, 15) is 4.79 Å². The van der Waals surface area contributed by atoms with Gasteiger partial charge in [-0.25, -0.2) is 0 Å². The quantitative estimate of drug-likeness (QED) is 0.797. The van der Waals surface area contributed by atoms with Gasteiger partial charge in [-0.05, 0) is 32.2 Å². The fraction of sp³-hybridized carbons (Fsp3) is 0.923. The zero-order chi connectivity index (χ0) is 12.1. The third kappa shape index (κ3) is 2.97. The molecule has 2 unspecified atom stereocenters. The molecular weight excluding hydrogens is 200 g/mol. The Morgan fingerprint density at radius 2 is 2.00 bits per heavy atom. The van der Waals surface area contributed by atoms with E-state index in [1.807, 2.05) is 13.8 Å². The fourth-order valence-electron chi connectivity index (χ4n) is 2.76. The normalized spacial score (nSPS) is 25.8. The van der Waals surface area contributed by atoms with Gasteiger partial charge in [0.1, 0.15) is 0 Å². The van der Waals surface area contributed by atoms with Gasteiger partial charge in [0.05, 0.1) is 0 Å². The molecule has 0 bridgehead atoms. The van der Waals surface area contributed by atoms with Crippen molar-refractivity contribution in [2.45, 2.75) is 52.5 Å². The Morgan fingerprint density at radius 3 is 2.50 bits per heavy atom. The molecule has 1 fully saturated rings. The summed E-state index contributed by atoms with van der Waals surface area (Å²) in [5, 5.41) is 0. The number of nitrogens with two attached hydrogens (primary N) is 1. The number of carbonyl (C=O) groups is 1. The van der Waals surface area contributed by atoms with E-state index in [1.54, 1.807) is 0 Å². The Morgan fingerprint density at radius 1 is 1.38 bits per heavy atom. The van der Waals surface area contributed by atoms with Crippen molar-refractivity contribution in [3.8, 4) is 0 Å². The van der Waals surface area contributed by atoms with Gasteiger partial charge < -0.3 is 10.6 Å². The average Bonchev–Trinajstić information content (AvgIpc) is 2.30. The molecule has 0 radical (unpaired) electrons. The van der Waals surface area contributed by atoms with Gasteiger partial charge in [0.15, 0.2) is 0 Å². The Labute approximate surface area is 99.4 Å². The molecule has 2 N–H and O–H groups in total. The molecule has 1 saturated carbocycles. The van der Waals surface area contributed by atoms with Crippen LogP contribution in [0.3, 0.4) is 0 Å².